The van der Waals surface area contributed by atoms with Crippen molar-refractivity contribution in [3.63, 3.8) is 0 Å². The number of thioether (sulfide) groups is 2. The van der Waals surface area contributed by atoms with Gasteiger partial charge in [0.15, 0.2) is 0 Å². The topological polar surface area (TPSA) is 61.4 Å². The van der Waals surface area contributed by atoms with Crippen LogP contribution in [0.4, 0.5) is 26.2 Å². The Morgan fingerprint density at radius 1 is 0.972 bits per heavy atom. The Labute approximate surface area is 217 Å². The number of anilines is 3. The number of hydrogen-bond donors (Lipinski definition) is 2. The van der Waals surface area contributed by atoms with Crippen molar-refractivity contribution in [3.05, 3.63) is 103 Å². The highest BCUT2D eigenvalue weighted by atomic mass is 32.2. The molecule has 1 aliphatic carbocycles. The Morgan fingerprint density at radius 2 is 1.75 bits per heavy atom. The number of para-hydroxylation sites is 2. The molecule has 5 rings (SSSR count). The minimum atomic E-state index is -0.476. The number of hydrogen-bond acceptors (Lipinski definition) is 4. The second-order valence-corrected chi connectivity index (χ2v) is 11.0. The molecule has 0 saturated carbocycles. The average Bonchev–Trinajstić information content (AvgIpc) is 2.88. The average molecular weight is 518 g/mol. The Morgan fingerprint density at radius 3 is 2.61 bits per heavy atom. The zero-order valence-electron chi connectivity index (χ0n) is 19.4. The van der Waals surface area contributed by atoms with Crippen LogP contribution in [0.2, 0.25) is 0 Å². The summed E-state index contributed by atoms with van der Waals surface area (Å²) in [6, 6.07) is 21.1. The molecule has 36 heavy (non-hydrogen) atoms. The smallest absolute Gasteiger partial charge is 0.323 e. The van der Waals surface area contributed by atoms with Crippen molar-refractivity contribution in [2.75, 3.05) is 15.5 Å². The third-order valence-corrected chi connectivity index (χ3v) is 8.26. The van der Waals surface area contributed by atoms with E-state index in [9.17, 15) is 14.0 Å². The number of allylic oxidation sites excluding steroid dienone is 2. The van der Waals surface area contributed by atoms with E-state index < -0.39 is 11.1 Å². The van der Waals surface area contributed by atoms with Gasteiger partial charge >= 0.3 is 6.03 Å². The van der Waals surface area contributed by atoms with Crippen LogP contribution >= 0.6 is 23.5 Å². The highest BCUT2D eigenvalue weighted by molar-refractivity contribution is 8.00. The summed E-state index contributed by atoms with van der Waals surface area (Å²) in [6.45, 7) is 1.76. The van der Waals surface area contributed by atoms with E-state index in [0.29, 0.717) is 5.69 Å². The number of rotatable bonds is 5. The van der Waals surface area contributed by atoms with Gasteiger partial charge in [-0.15, -0.1) is 23.5 Å². The standard InChI is InChI=1S/C28H24FN3O2S2/c1-18(27(33)31-22-12-3-2-11-21(22)29)35-20-10-8-9-19(17-20)30-28(34)32-23-13-4-6-15-25(23)36-26-16-7-5-14-24(26)32/h2-18,23,25H,1H3,(H,30,34)(H,31,33). The molecule has 0 radical (unpaired) electrons. The fourth-order valence-corrected chi connectivity index (χ4v) is 6.30. The molecular weight excluding hydrogens is 493 g/mol. The maximum atomic E-state index is 13.9. The monoisotopic (exact) mass is 517 g/mol. The quantitative estimate of drug-likeness (QED) is 0.360. The molecular formula is C28H24FN3O2S2. The maximum absolute atomic E-state index is 13.9. The Hall–Kier alpha value is -3.49. The number of benzene rings is 3. The summed E-state index contributed by atoms with van der Waals surface area (Å²) in [5, 5.41) is 5.34. The first-order valence-electron chi connectivity index (χ1n) is 11.5. The molecule has 0 spiro atoms. The predicted molar refractivity (Wildman–Crippen MR) is 146 cm³/mol. The maximum Gasteiger partial charge on any atom is 0.326 e. The van der Waals surface area contributed by atoms with Crippen molar-refractivity contribution < 1.29 is 14.0 Å². The van der Waals surface area contributed by atoms with E-state index in [2.05, 4.69) is 22.8 Å². The third-order valence-electron chi connectivity index (χ3n) is 5.86. The van der Waals surface area contributed by atoms with Gasteiger partial charge in [0.1, 0.15) is 5.82 Å². The molecule has 3 aromatic rings. The zero-order valence-corrected chi connectivity index (χ0v) is 21.1. The van der Waals surface area contributed by atoms with Crippen molar-refractivity contribution >= 4 is 52.5 Å². The van der Waals surface area contributed by atoms with Crippen LogP contribution in [0.25, 0.3) is 0 Å². The van der Waals surface area contributed by atoms with Crippen LogP contribution in [0.3, 0.4) is 0 Å². The van der Waals surface area contributed by atoms with E-state index in [-0.39, 0.29) is 28.9 Å². The highest BCUT2D eigenvalue weighted by Gasteiger charge is 2.36. The van der Waals surface area contributed by atoms with Crippen LogP contribution in [0, 0.1) is 5.82 Å². The summed E-state index contributed by atoms with van der Waals surface area (Å²) >= 11 is 3.09. The molecule has 3 unspecified atom stereocenters. The Kier molecular flexibility index (Phi) is 7.16. The van der Waals surface area contributed by atoms with Crippen molar-refractivity contribution in [1.82, 2.24) is 0 Å². The lowest BCUT2D eigenvalue weighted by molar-refractivity contribution is -0.115. The number of nitrogens with one attached hydrogen (secondary N) is 2. The van der Waals surface area contributed by atoms with Crippen molar-refractivity contribution in [2.45, 2.75) is 33.3 Å². The second-order valence-electron chi connectivity index (χ2n) is 8.37. The summed E-state index contributed by atoms with van der Waals surface area (Å²) in [5.41, 5.74) is 1.67. The Bertz CT molecular complexity index is 1360. The first kappa shape index (κ1) is 24.2. The normalized spacial score (nSPS) is 18.7. The molecule has 3 amide bonds. The van der Waals surface area contributed by atoms with Gasteiger partial charge in [0.2, 0.25) is 5.91 Å². The molecule has 2 N–H and O–H groups in total. The molecule has 2 aliphatic rings. The van der Waals surface area contributed by atoms with Crippen molar-refractivity contribution in [2.24, 2.45) is 0 Å². The van der Waals surface area contributed by atoms with E-state index in [1.807, 2.05) is 60.7 Å². The fraction of sp³-hybridized carbons (Fsp3) is 0.143. The summed E-state index contributed by atoms with van der Waals surface area (Å²) < 4.78 is 13.9. The van der Waals surface area contributed by atoms with Crippen LogP contribution in [-0.2, 0) is 4.79 Å². The number of nitrogens with zero attached hydrogens (tertiary/aromatic N) is 1. The molecule has 0 bridgehead atoms. The molecule has 3 aromatic carbocycles. The molecule has 3 atom stereocenters. The van der Waals surface area contributed by atoms with Crippen LogP contribution in [0.5, 0.6) is 0 Å². The van der Waals surface area contributed by atoms with Crippen molar-refractivity contribution in [3.8, 4) is 0 Å². The zero-order chi connectivity index (χ0) is 25.1. The van der Waals surface area contributed by atoms with Crippen LogP contribution < -0.4 is 15.5 Å². The van der Waals surface area contributed by atoms with Gasteiger partial charge in [-0.3, -0.25) is 9.69 Å². The minimum Gasteiger partial charge on any atom is -0.323 e. The van der Waals surface area contributed by atoms with Crippen LogP contribution in [0.1, 0.15) is 6.92 Å². The van der Waals surface area contributed by atoms with E-state index in [4.69, 9.17) is 0 Å². The first-order chi connectivity index (χ1) is 17.5. The van der Waals surface area contributed by atoms with Gasteiger partial charge in [0.25, 0.3) is 0 Å². The van der Waals surface area contributed by atoms with Crippen molar-refractivity contribution in [1.29, 1.82) is 0 Å². The SMILES string of the molecule is CC(Sc1cccc(NC(=O)N2c3ccccc3SC3C=CC=CC32)c1)C(=O)Nc1ccccc1F. The van der Waals surface area contributed by atoms with E-state index in [0.717, 1.165) is 15.5 Å². The van der Waals surface area contributed by atoms with Gasteiger partial charge in [0.05, 0.1) is 27.9 Å². The first-order valence-corrected chi connectivity index (χ1v) is 13.3. The van der Waals surface area contributed by atoms with E-state index in [1.165, 1.54) is 23.9 Å². The van der Waals surface area contributed by atoms with Gasteiger partial charge in [-0.1, -0.05) is 54.6 Å². The fourth-order valence-electron chi connectivity index (χ4n) is 4.11. The van der Waals surface area contributed by atoms with Gasteiger partial charge in [-0.2, -0.15) is 0 Å². The number of halogens is 1. The number of fused-ring (bicyclic) bond motifs is 2. The third kappa shape index (κ3) is 5.20. The second kappa shape index (κ2) is 10.6. The number of carbonyl (C=O) groups excluding carboxylic acids is 2. The van der Waals surface area contributed by atoms with Gasteiger partial charge in [0, 0.05) is 15.5 Å². The minimum absolute atomic E-state index is 0.0884. The van der Waals surface area contributed by atoms with Crippen LogP contribution in [-0.4, -0.2) is 28.5 Å². The van der Waals surface area contributed by atoms with E-state index in [1.54, 1.807) is 35.7 Å². The lowest BCUT2D eigenvalue weighted by Gasteiger charge is -2.40. The number of urea groups is 1. The summed E-state index contributed by atoms with van der Waals surface area (Å²) in [5.74, 6) is -0.777. The largest absolute Gasteiger partial charge is 0.326 e. The summed E-state index contributed by atoms with van der Waals surface area (Å²) in [6.07, 6.45) is 8.16. The Balaban J connectivity index is 1.29. The predicted octanol–water partition coefficient (Wildman–Crippen LogP) is 6.95. The molecule has 5 nitrogen and oxygen atoms in total. The van der Waals surface area contributed by atoms with Gasteiger partial charge in [-0.25, -0.2) is 9.18 Å². The number of carbonyl (C=O) groups is 2. The molecule has 182 valence electrons. The molecule has 1 aliphatic heterocycles. The lowest BCUT2D eigenvalue weighted by atomic mass is 10.1. The summed E-state index contributed by atoms with van der Waals surface area (Å²) in [7, 11) is 0. The van der Waals surface area contributed by atoms with E-state index >= 15 is 0 Å². The molecule has 0 fully saturated rings. The molecule has 8 heteroatoms. The molecule has 1 heterocycles. The van der Waals surface area contributed by atoms with Gasteiger partial charge in [-0.05, 0) is 49.4 Å². The molecule has 0 aromatic heterocycles. The summed E-state index contributed by atoms with van der Waals surface area (Å²) in [4.78, 5) is 29.8. The van der Waals surface area contributed by atoms with Gasteiger partial charge < -0.3 is 10.6 Å². The number of amides is 3. The van der Waals surface area contributed by atoms with Crippen LogP contribution in [0.15, 0.2) is 107 Å². The lowest BCUT2D eigenvalue weighted by Crippen LogP contribution is -2.49. The molecule has 0 saturated heterocycles. The highest BCUT2D eigenvalue weighted by Crippen LogP contribution is 2.43.